The van der Waals surface area contributed by atoms with E-state index in [9.17, 15) is 8.78 Å². The fourth-order valence-electron chi connectivity index (χ4n) is 1.55. The molecule has 2 nitrogen and oxygen atoms in total. The number of aryl methyl sites for hydroxylation is 1. The fourth-order valence-corrected chi connectivity index (χ4v) is 1.55. The number of benzene rings is 1. The van der Waals surface area contributed by atoms with Crippen LogP contribution in [0.2, 0.25) is 0 Å². The van der Waals surface area contributed by atoms with Crippen molar-refractivity contribution in [2.75, 3.05) is 6.61 Å². The van der Waals surface area contributed by atoms with Crippen molar-refractivity contribution in [3.05, 3.63) is 23.8 Å². The van der Waals surface area contributed by atoms with Gasteiger partial charge >= 0.3 is 6.61 Å². The maximum absolute atomic E-state index is 12.2. The Kier molecular flexibility index (Phi) is 5.73. The fraction of sp³-hybridized carbons (Fsp3) is 0.538. The topological polar surface area (TPSA) is 18.5 Å². The highest BCUT2D eigenvalue weighted by atomic mass is 19.3. The SMILES string of the molecule is CCCCc1ccc(OC(F)F)c(OCC)c1. The minimum atomic E-state index is -2.82. The molecule has 0 aromatic heterocycles. The molecule has 0 fully saturated rings. The zero-order valence-corrected chi connectivity index (χ0v) is 10.2. The molecule has 0 unspecified atom stereocenters. The van der Waals surface area contributed by atoms with Crippen molar-refractivity contribution >= 4 is 0 Å². The molecule has 0 aliphatic carbocycles. The lowest BCUT2D eigenvalue weighted by molar-refractivity contribution is -0.0514. The Labute approximate surface area is 101 Å². The second-order valence-electron chi connectivity index (χ2n) is 3.70. The third kappa shape index (κ3) is 4.59. The van der Waals surface area contributed by atoms with Crippen LogP contribution in [0.3, 0.4) is 0 Å². The summed E-state index contributed by atoms with van der Waals surface area (Å²) in [7, 11) is 0. The maximum Gasteiger partial charge on any atom is 0.387 e. The van der Waals surface area contributed by atoms with Gasteiger partial charge in [0, 0.05) is 0 Å². The third-order valence-corrected chi connectivity index (χ3v) is 2.34. The van der Waals surface area contributed by atoms with Crippen molar-refractivity contribution in [3.63, 3.8) is 0 Å². The van der Waals surface area contributed by atoms with E-state index < -0.39 is 6.61 Å². The number of halogens is 2. The molecule has 0 amide bonds. The predicted octanol–water partition coefficient (Wildman–Crippen LogP) is 4.03. The normalized spacial score (nSPS) is 10.6. The minimum absolute atomic E-state index is 0.0992. The molecule has 1 rings (SSSR count). The summed E-state index contributed by atoms with van der Waals surface area (Å²) in [6.07, 6.45) is 3.09. The van der Waals surface area contributed by atoms with E-state index in [1.54, 1.807) is 18.2 Å². The summed E-state index contributed by atoms with van der Waals surface area (Å²) in [4.78, 5) is 0. The minimum Gasteiger partial charge on any atom is -0.490 e. The molecule has 0 saturated heterocycles. The van der Waals surface area contributed by atoms with Gasteiger partial charge < -0.3 is 9.47 Å². The van der Waals surface area contributed by atoms with Crippen molar-refractivity contribution in [3.8, 4) is 11.5 Å². The Morgan fingerprint density at radius 1 is 1.18 bits per heavy atom. The first-order valence-electron chi connectivity index (χ1n) is 5.87. The summed E-state index contributed by atoms with van der Waals surface area (Å²) in [5.41, 5.74) is 1.08. The average Bonchev–Trinajstić information content (AvgIpc) is 2.29. The Bertz CT molecular complexity index is 340. The Morgan fingerprint density at radius 2 is 1.94 bits per heavy atom. The van der Waals surface area contributed by atoms with Crippen LogP contribution in [0.1, 0.15) is 32.3 Å². The summed E-state index contributed by atoms with van der Waals surface area (Å²) in [6, 6.07) is 5.12. The zero-order chi connectivity index (χ0) is 12.7. The van der Waals surface area contributed by atoms with Gasteiger partial charge in [0.2, 0.25) is 0 Å². The van der Waals surface area contributed by atoms with Crippen LogP contribution in [0.25, 0.3) is 0 Å². The van der Waals surface area contributed by atoms with Gasteiger partial charge in [-0.2, -0.15) is 8.78 Å². The zero-order valence-electron chi connectivity index (χ0n) is 10.2. The Hall–Kier alpha value is -1.32. The van der Waals surface area contributed by atoms with E-state index >= 15 is 0 Å². The Morgan fingerprint density at radius 3 is 2.53 bits per heavy atom. The summed E-state index contributed by atoms with van der Waals surface area (Å²) in [5, 5.41) is 0. The van der Waals surface area contributed by atoms with Crippen LogP contribution in [0.4, 0.5) is 8.78 Å². The molecule has 0 atom stereocenters. The molecule has 17 heavy (non-hydrogen) atoms. The molecule has 1 aromatic rings. The van der Waals surface area contributed by atoms with Gasteiger partial charge in [-0.05, 0) is 37.5 Å². The molecule has 0 radical (unpaired) electrons. The highest BCUT2D eigenvalue weighted by Gasteiger charge is 2.11. The highest BCUT2D eigenvalue weighted by molar-refractivity contribution is 5.43. The quantitative estimate of drug-likeness (QED) is 0.721. The molecule has 0 saturated carbocycles. The van der Waals surface area contributed by atoms with Crippen LogP contribution in [0.15, 0.2) is 18.2 Å². The first kappa shape index (κ1) is 13.7. The lowest BCUT2D eigenvalue weighted by Gasteiger charge is -2.12. The monoisotopic (exact) mass is 244 g/mol. The van der Waals surface area contributed by atoms with Crippen molar-refractivity contribution in [2.45, 2.75) is 39.7 Å². The molecule has 4 heteroatoms. The molecule has 96 valence electrons. The molecule has 1 aromatic carbocycles. The van der Waals surface area contributed by atoms with Crippen LogP contribution in [0.5, 0.6) is 11.5 Å². The molecule has 0 bridgehead atoms. The van der Waals surface area contributed by atoms with Crippen molar-refractivity contribution in [1.29, 1.82) is 0 Å². The van der Waals surface area contributed by atoms with E-state index in [0.29, 0.717) is 12.4 Å². The van der Waals surface area contributed by atoms with Crippen LogP contribution in [-0.4, -0.2) is 13.2 Å². The Balaban J connectivity index is 2.83. The van der Waals surface area contributed by atoms with E-state index in [1.807, 2.05) is 6.92 Å². The van der Waals surface area contributed by atoms with Gasteiger partial charge in [-0.1, -0.05) is 19.4 Å². The van der Waals surface area contributed by atoms with Crippen molar-refractivity contribution in [1.82, 2.24) is 0 Å². The number of hydrogen-bond donors (Lipinski definition) is 0. The van der Waals surface area contributed by atoms with Gasteiger partial charge in [0.25, 0.3) is 0 Å². The molecule has 0 N–H and O–H groups in total. The lowest BCUT2D eigenvalue weighted by Crippen LogP contribution is -2.05. The summed E-state index contributed by atoms with van der Waals surface area (Å²) in [6.45, 7) is 1.52. The van der Waals surface area contributed by atoms with Gasteiger partial charge in [0.05, 0.1) is 6.61 Å². The smallest absolute Gasteiger partial charge is 0.387 e. The summed E-state index contributed by atoms with van der Waals surface area (Å²) < 4.78 is 34.0. The van der Waals surface area contributed by atoms with Gasteiger partial charge in [-0.15, -0.1) is 0 Å². The van der Waals surface area contributed by atoms with E-state index in [-0.39, 0.29) is 5.75 Å². The van der Waals surface area contributed by atoms with Gasteiger partial charge in [0.15, 0.2) is 11.5 Å². The maximum atomic E-state index is 12.2. The second-order valence-corrected chi connectivity index (χ2v) is 3.70. The van der Waals surface area contributed by atoms with Gasteiger partial charge in [-0.3, -0.25) is 0 Å². The number of hydrogen-bond acceptors (Lipinski definition) is 2. The average molecular weight is 244 g/mol. The summed E-state index contributed by atoms with van der Waals surface area (Å²) >= 11 is 0. The van der Waals surface area contributed by atoms with Crippen LogP contribution < -0.4 is 9.47 Å². The van der Waals surface area contributed by atoms with E-state index in [0.717, 1.165) is 24.8 Å². The van der Waals surface area contributed by atoms with Crippen LogP contribution in [-0.2, 0) is 6.42 Å². The molecule has 0 aliphatic heterocycles. The molecule has 0 spiro atoms. The van der Waals surface area contributed by atoms with Crippen LogP contribution >= 0.6 is 0 Å². The first-order chi connectivity index (χ1) is 8.17. The lowest BCUT2D eigenvalue weighted by atomic mass is 10.1. The van der Waals surface area contributed by atoms with E-state index in [1.165, 1.54) is 0 Å². The van der Waals surface area contributed by atoms with Crippen molar-refractivity contribution < 1.29 is 18.3 Å². The number of alkyl halides is 2. The van der Waals surface area contributed by atoms with Crippen LogP contribution in [0, 0.1) is 0 Å². The molecular formula is C13H18F2O2. The number of unbranched alkanes of at least 4 members (excludes halogenated alkanes) is 1. The molecule has 0 heterocycles. The largest absolute Gasteiger partial charge is 0.490 e. The predicted molar refractivity (Wildman–Crippen MR) is 62.9 cm³/mol. The first-order valence-corrected chi connectivity index (χ1v) is 5.87. The molecule has 0 aliphatic rings. The van der Waals surface area contributed by atoms with Gasteiger partial charge in [-0.25, -0.2) is 0 Å². The standard InChI is InChI=1S/C13H18F2O2/c1-3-5-6-10-7-8-11(17-13(14)15)12(9-10)16-4-2/h7-9,13H,3-6H2,1-2H3. The van der Waals surface area contributed by atoms with E-state index in [4.69, 9.17) is 4.74 Å². The highest BCUT2D eigenvalue weighted by Crippen LogP contribution is 2.30. The second kappa shape index (κ2) is 7.09. The van der Waals surface area contributed by atoms with Gasteiger partial charge in [0.1, 0.15) is 0 Å². The molecular weight excluding hydrogens is 226 g/mol. The van der Waals surface area contributed by atoms with E-state index in [2.05, 4.69) is 11.7 Å². The number of ether oxygens (including phenoxy) is 2. The third-order valence-electron chi connectivity index (χ3n) is 2.34. The number of rotatable bonds is 7. The van der Waals surface area contributed by atoms with Crippen molar-refractivity contribution in [2.24, 2.45) is 0 Å². The summed E-state index contributed by atoms with van der Waals surface area (Å²) in [5.74, 6) is 0.489.